The Kier molecular flexibility index (Phi) is 6.20. The minimum absolute atomic E-state index is 0.216. The Balaban J connectivity index is 1.56. The van der Waals surface area contributed by atoms with Crippen molar-refractivity contribution in [2.24, 2.45) is 0 Å². The minimum atomic E-state index is -3.76. The first-order chi connectivity index (χ1) is 15.7. The highest BCUT2D eigenvalue weighted by molar-refractivity contribution is 7.92. The monoisotopic (exact) mass is 463 g/mol. The number of carbonyl (C=O) groups excluding carboxylic acids is 2. The summed E-state index contributed by atoms with van der Waals surface area (Å²) < 4.78 is 28.0. The topological polar surface area (TPSA) is 95.6 Å². The molecular formula is C25H25N3O4S. The highest BCUT2D eigenvalue weighted by Gasteiger charge is 2.29. The molecule has 0 saturated carbocycles. The van der Waals surface area contributed by atoms with Crippen LogP contribution in [0.4, 0.5) is 17.1 Å². The molecule has 0 fully saturated rings. The lowest BCUT2D eigenvalue weighted by Gasteiger charge is -2.31. The zero-order valence-electron chi connectivity index (χ0n) is 18.5. The van der Waals surface area contributed by atoms with Crippen molar-refractivity contribution in [3.05, 3.63) is 83.4 Å². The number of benzene rings is 3. The normalized spacial score (nSPS) is 13.2. The van der Waals surface area contributed by atoms with Gasteiger partial charge in [-0.05, 0) is 74.2 Å². The molecule has 2 N–H and O–H groups in total. The zero-order chi connectivity index (χ0) is 23.6. The highest BCUT2D eigenvalue weighted by Crippen LogP contribution is 2.34. The predicted molar refractivity (Wildman–Crippen MR) is 129 cm³/mol. The first kappa shape index (κ1) is 22.5. The molecule has 1 aliphatic rings. The molecule has 0 unspecified atom stereocenters. The number of nitrogens with zero attached hydrogens (tertiary/aromatic N) is 1. The molecule has 170 valence electrons. The molecule has 0 saturated heterocycles. The molecule has 33 heavy (non-hydrogen) atoms. The number of fused-ring (bicyclic) bond motifs is 1. The lowest BCUT2D eigenvalue weighted by atomic mass is 10.0. The van der Waals surface area contributed by atoms with Crippen LogP contribution in [0, 0.1) is 13.8 Å². The van der Waals surface area contributed by atoms with Crippen LogP contribution < -0.4 is 14.9 Å². The second-order valence-corrected chi connectivity index (χ2v) is 9.98. The quantitative estimate of drug-likeness (QED) is 0.571. The van der Waals surface area contributed by atoms with Gasteiger partial charge in [-0.3, -0.25) is 13.9 Å². The summed E-state index contributed by atoms with van der Waals surface area (Å²) in [7, 11) is -3.76. The van der Waals surface area contributed by atoms with Gasteiger partial charge < -0.3 is 10.6 Å². The fraction of sp³-hybridized carbons (Fsp3) is 0.200. The number of anilines is 3. The first-order valence-corrected chi connectivity index (χ1v) is 12.1. The maximum atomic E-state index is 13.3. The summed E-state index contributed by atoms with van der Waals surface area (Å²) in [6.07, 6.45) is 1.43. The van der Waals surface area contributed by atoms with Crippen molar-refractivity contribution < 1.29 is 18.0 Å². The summed E-state index contributed by atoms with van der Waals surface area (Å²) in [4.78, 5) is 25.0. The molecule has 0 spiro atoms. The molecular weight excluding hydrogens is 438 g/mol. The summed E-state index contributed by atoms with van der Waals surface area (Å²) in [5, 5.41) is 5.14. The van der Waals surface area contributed by atoms with Crippen molar-refractivity contribution in [1.29, 1.82) is 0 Å². The van der Waals surface area contributed by atoms with Gasteiger partial charge >= 0.3 is 11.8 Å². The Bertz CT molecular complexity index is 1320. The van der Waals surface area contributed by atoms with Crippen LogP contribution in [-0.4, -0.2) is 26.8 Å². The Morgan fingerprint density at radius 3 is 2.15 bits per heavy atom. The van der Waals surface area contributed by atoms with E-state index in [2.05, 4.69) is 10.6 Å². The third-order valence-corrected chi connectivity index (χ3v) is 7.34. The van der Waals surface area contributed by atoms with Crippen molar-refractivity contribution in [2.45, 2.75) is 31.6 Å². The Hall–Kier alpha value is -3.65. The number of hydrogen-bond acceptors (Lipinski definition) is 4. The predicted octanol–water partition coefficient (Wildman–Crippen LogP) is 4.02. The van der Waals surface area contributed by atoms with E-state index in [0.717, 1.165) is 23.1 Å². The van der Waals surface area contributed by atoms with Crippen LogP contribution in [0.15, 0.2) is 71.6 Å². The van der Waals surface area contributed by atoms with Crippen molar-refractivity contribution >= 4 is 38.9 Å². The van der Waals surface area contributed by atoms with Crippen LogP contribution in [0.3, 0.4) is 0 Å². The zero-order valence-corrected chi connectivity index (χ0v) is 19.3. The molecule has 0 aliphatic carbocycles. The minimum Gasteiger partial charge on any atom is -0.318 e. The van der Waals surface area contributed by atoms with Gasteiger partial charge in [0.2, 0.25) is 0 Å². The summed E-state index contributed by atoms with van der Waals surface area (Å²) >= 11 is 0. The number of amides is 2. The smallest absolute Gasteiger partial charge is 0.314 e. The van der Waals surface area contributed by atoms with Crippen LogP contribution in [0.25, 0.3) is 0 Å². The van der Waals surface area contributed by atoms with Gasteiger partial charge in [0.25, 0.3) is 10.0 Å². The van der Waals surface area contributed by atoms with E-state index in [9.17, 15) is 18.0 Å². The average Bonchev–Trinajstić information content (AvgIpc) is 2.79. The van der Waals surface area contributed by atoms with Gasteiger partial charge in [0.15, 0.2) is 0 Å². The van der Waals surface area contributed by atoms with Gasteiger partial charge in [-0.25, -0.2) is 8.42 Å². The summed E-state index contributed by atoms with van der Waals surface area (Å²) in [6.45, 7) is 4.13. The maximum Gasteiger partial charge on any atom is 0.314 e. The largest absolute Gasteiger partial charge is 0.318 e. The van der Waals surface area contributed by atoms with Crippen molar-refractivity contribution in [2.75, 3.05) is 21.5 Å². The average molecular weight is 464 g/mol. The van der Waals surface area contributed by atoms with Gasteiger partial charge in [0, 0.05) is 17.9 Å². The molecule has 0 radical (unpaired) electrons. The second-order valence-electron chi connectivity index (χ2n) is 8.11. The molecule has 0 bridgehead atoms. The third kappa shape index (κ3) is 4.90. The Morgan fingerprint density at radius 1 is 0.818 bits per heavy atom. The van der Waals surface area contributed by atoms with E-state index in [1.165, 1.54) is 4.31 Å². The van der Waals surface area contributed by atoms with Gasteiger partial charge in [-0.15, -0.1) is 0 Å². The Morgan fingerprint density at radius 2 is 1.48 bits per heavy atom. The molecule has 3 aromatic rings. The van der Waals surface area contributed by atoms with E-state index in [-0.39, 0.29) is 4.90 Å². The van der Waals surface area contributed by atoms with Crippen molar-refractivity contribution in [1.82, 2.24) is 0 Å². The lowest BCUT2D eigenvalue weighted by Crippen LogP contribution is -2.35. The van der Waals surface area contributed by atoms with E-state index >= 15 is 0 Å². The van der Waals surface area contributed by atoms with E-state index in [1.54, 1.807) is 60.7 Å². The number of carbonyl (C=O) groups is 2. The molecule has 1 heterocycles. The second kappa shape index (κ2) is 9.07. The molecule has 3 aromatic carbocycles. The van der Waals surface area contributed by atoms with Gasteiger partial charge in [-0.2, -0.15) is 0 Å². The van der Waals surface area contributed by atoms with Gasteiger partial charge in [-0.1, -0.05) is 35.9 Å². The Labute approximate surface area is 193 Å². The van der Waals surface area contributed by atoms with Crippen molar-refractivity contribution in [3.8, 4) is 0 Å². The number of nitrogens with one attached hydrogen (secondary N) is 2. The fourth-order valence-electron chi connectivity index (χ4n) is 3.80. The molecule has 8 heteroatoms. The standard InChI is InChI=1S/C25H25N3O4S/c1-17-8-12-22(13-9-17)33(31,32)28-14-4-6-19-10-11-21(16-23(19)28)27-25(30)24(29)26-20-7-3-5-18(2)15-20/h3,5,7-13,15-16H,4,6,14H2,1-2H3,(H,26,29)(H,27,30). The van der Waals surface area contributed by atoms with E-state index < -0.39 is 21.8 Å². The number of hydrogen-bond donors (Lipinski definition) is 2. The fourth-order valence-corrected chi connectivity index (χ4v) is 5.34. The molecule has 4 rings (SSSR count). The number of sulfonamides is 1. The maximum absolute atomic E-state index is 13.3. The summed E-state index contributed by atoms with van der Waals surface area (Å²) in [5.74, 6) is -1.64. The van der Waals surface area contributed by atoms with E-state index in [1.807, 2.05) is 19.9 Å². The van der Waals surface area contributed by atoms with Crippen LogP contribution in [0.1, 0.15) is 23.1 Å². The van der Waals surface area contributed by atoms with Crippen molar-refractivity contribution in [3.63, 3.8) is 0 Å². The van der Waals surface area contributed by atoms with Crippen LogP contribution in [-0.2, 0) is 26.0 Å². The van der Waals surface area contributed by atoms with E-state index in [0.29, 0.717) is 30.0 Å². The molecule has 0 aromatic heterocycles. The van der Waals surface area contributed by atoms with Gasteiger partial charge in [0.05, 0.1) is 10.6 Å². The number of aryl methyl sites for hydroxylation is 3. The highest BCUT2D eigenvalue weighted by atomic mass is 32.2. The third-order valence-electron chi connectivity index (χ3n) is 5.51. The van der Waals surface area contributed by atoms with Crippen LogP contribution in [0.2, 0.25) is 0 Å². The number of rotatable bonds is 4. The summed E-state index contributed by atoms with van der Waals surface area (Å²) in [6, 6.07) is 18.9. The van der Waals surface area contributed by atoms with E-state index in [4.69, 9.17) is 0 Å². The van der Waals surface area contributed by atoms with Crippen LogP contribution in [0.5, 0.6) is 0 Å². The lowest BCUT2D eigenvalue weighted by molar-refractivity contribution is -0.132. The SMILES string of the molecule is Cc1ccc(S(=O)(=O)N2CCCc3ccc(NC(=O)C(=O)Nc4cccc(C)c4)cc32)cc1. The van der Waals surface area contributed by atoms with Crippen LogP contribution >= 0.6 is 0 Å². The molecule has 7 nitrogen and oxygen atoms in total. The first-order valence-electron chi connectivity index (χ1n) is 10.7. The molecule has 0 atom stereocenters. The molecule has 2 amide bonds. The summed E-state index contributed by atoms with van der Waals surface area (Å²) in [5.41, 5.74) is 4.19. The molecule has 1 aliphatic heterocycles. The van der Waals surface area contributed by atoms with Gasteiger partial charge in [0.1, 0.15) is 0 Å².